The number of benzene rings is 1. The van der Waals surface area contributed by atoms with E-state index in [9.17, 15) is 9.59 Å². The standard InChI is InChI=1S/C18H28N4O2/c1-13-5-3-4-10-22(13)14(2)11-20-17(23)16-8-6-15(7-9-16)12-21-18(19)24/h6-9,13-14H,3-5,10-12H2,1-2H3,(H,20,23)(H3,19,21,24)/t13-,14+/m0/s1. The van der Waals surface area contributed by atoms with E-state index in [1.165, 1.54) is 19.3 Å². The predicted molar refractivity (Wildman–Crippen MR) is 94.7 cm³/mol. The molecule has 1 saturated heterocycles. The first-order valence-corrected chi connectivity index (χ1v) is 8.63. The maximum absolute atomic E-state index is 12.3. The largest absolute Gasteiger partial charge is 0.352 e. The monoisotopic (exact) mass is 332 g/mol. The number of hydrogen-bond donors (Lipinski definition) is 3. The van der Waals surface area contributed by atoms with E-state index in [-0.39, 0.29) is 5.91 Å². The Bertz CT molecular complexity index is 559. The van der Waals surface area contributed by atoms with E-state index in [1.807, 2.05) is 12.1 Å². The second kappa shape index (κ2) is 8.68. The molecule has 2 rings (SSSR count). The van der Waals surface area contributed by atoms with Gasteiger partial charge in [0.2, 0.25) is 0 Å². The van der Waals surface area contributed by atoms with Crippen molar-refractivity contribution in [1.82, 2.24) is 15.5 Å². The number of nitrogens with zero attached hydrogens (tertiary/aromatic N) is 1. The number of likely N-dealkylation sites (tertiary alicyclic amines) is 1. The lowest BCUT2D eigenvalue weighted by Crippen LogP contribution is -2.48. The van der Waals surface area contributed by atoms with Gasteiger partial charge in [-0.15, -0.1) is 0 Å². The van der Waals surface area contributed by atoms with Gasteiger partial charge in [-0.3, -0.25) is 9.69 Å². The maximum Gasteiger partial charge on any atom is 0.312 e. The molecule has 0 aliphatic carbocycles. The van der Waals surface area contributed by atoms with Gasteiger partial charge < -0.3 is 16.4 Å². The summed E-state index contributed by atoms with van der Waals surface area (Å²) in [7, 11) is 0. The number of urea groups is 1. The molecule has 24 heavy (non-hydrogen) atoms. The number of piperidine rings is 1. The smallest absolute Gasteiger partial charge is 0.312 e. The molecule has 1 aliphatic heterocycles. The molecule has 0 aromatic heterocycles. The van der Waals surface area contributed by atoms with Gasteiger partial charge in [0.25, 0.3) is 5.91 Å². The second-order valence-corrected chi connectivity index (χ2v) is 6.56. The number of hydrogen-bond acceptors (Lipinski definition) is 3. The Hall–Kier alpha value is -2.08. The highest BCUT2D eigenvalue weighted by atomic mass is 16.2. The third-order valence-electron chi connectivity index (χ3n) is 4.66. The highest BCUT2D eigenvalue weighted by Crippen LogP contribution is 2.18. The zero-order valence-corrected chi connectivity index (χ0v) is 14.5. The SMILES string of the molecule is C[C@H](CNC(=O)c1ccc(CNC(N)=O)cc1)N1CCCC[C@@H]1C. The number of amides is 3. The number of nitrogens with two attached hydrogens (primary N) is 1. The lowest BCUT2D eigenvalue weighted by atomic mass is 10.0. The maximum atomic E-state index is 12.3. The van der Waals surface area contributed by atoms with Crippen LogP contribution in [0.15, 0.2) is 24.3 Å². The number of nitrogens with one attached hydrogen (secondary N) is 2. The minimum absolute atomic E-state index is 0.0686. The molecular weight excluding hydrogens is 304 g/mol. The molecule has 1 aromatic rings. The van der Waals surface area contributed by atoms with Crippen LogP contribution in [0, 0.1) is 0 Å². The van der Waals surface area contributed by atoms with E-state index in [0.29, 0.717) is 30.7 Å². The molecule has 132 valence electrons. The molecule has 2 atom stereocenters. The molecule has 0 bridgehead atoms. The molecule has 0 spiro atoms. The van der Waals surface area contributed by atoms with Crippen molar-refractivity contribution in [2.24, 2.45) is 5.73 Å². The summed E-state index contributed by atoms with van der Waals surface area (Å²) in [5.74, 6) is -0.0686. The Kier molecular flexibility index (Phi) is 6.61. The summed E-state index contributed by atoms with van der Waals surface area (Å²) in [6.45, 7) is 6.55. The van der Waals surface area contributed by atoms with E-state index in [2.05, 4.69) is 29.4 Å². The van der Waals surface area contributed by atoms with Crippen LogP contribution in [0.2, 0.25) is 0 Å². The van der Waals surface area contributed by atoms with E-state index in [0.717, 1.165) is 12.1 Å². The Balaban J connectivity index is 1.82. The topological polar surface area (TPSA) is 87.5 Å². The van der Waals surface area contributed by atoms with E-state index < -0.39 is 6.03 Å². The van der Waals surface area contributed by atoms with Crippen molar-refractivity contribution < 1.29 is 9.59 Å². The summed E-state index contributed by atoms with van der Waals surface area (Å²) < 4.78 is 0. The zero-order valence-electron chi connectivity index (χ0n) is 14.5. The molecule has 6 nitrogen and oxygen atoms in total. The summed E-state index contributed by atoms with van der Waals surface area (Å²) in [6, 6.07) is 7.54. The minimum atomic E-state index is -0.558. The summed E-state index contributed by atoms with van der Waals surface area (Å²) in [4.78, 5) is 25.4. The van der Waals surface area contributed by atoms with Crippen LogP contribution in [0.5, 0.6) is 0 Å². The van der Waals surface area contributed by atoms with Crippen molar-refractivity contribution in [2.75, 3.05) is 13.1 Å². The second-order valence-electron chi connectivity index (χ2n) is 6.56. The predicted octanol–water partition coefficient (Wildman–Crippen LogP) is 1.85. The Labute approximate surface area is 143 Å². The summed E-state index contributed by atoms with van der Waals surface area (Å²) in [5.41, 5.74) is 6.56. The Morgan fingerprint density at radius 1 is 1.25 bits per heavy atom. The van der Waals surface area contributed by atoms with Crippen molar-refractivity contribution in [3.63, 3.8) is 0 Å². The highest BCUT2D eigenvalue weighted by Gasteiger charge is 2.23. The normalized spacial score (nSPS) is 19.5. The first-order valence-electron chi connectivity index (χ1n) is 8.63. The fourth-order valence-electron chi connectivity index (χ4n) is 3.20. The summed E-state index contributed by atoms with van der Waals surface area (Å²) >= 11 is 0. The fourth-order valence-corrected chi connectivity index (χ4v) is 3.20. The van der Waals surface area contributed by atoms with Crippen LogP contribution in [0.3, 0.4) is 0 Å². The van der Waals surface area contributed by atoms with Crippen molar-refractivity contribution in [1.29, 1.82) is 0 Å². The van der Waals surface area contributed by atoms with Gasteiger partial charge in [-0.25, -0.2) is 4.79 Å². The average Bonchev–Trinajstić information content (AvgIpc) is 2.58. The molecule has 0 radical (unpaired) electrons. The molecule has 1 fully saturated rings. The summed E-state index contributed by atoms with van der Waals surface area (Å²) in [5, 5.41) is 5.54. The van der Waals surface area contributed by atoms with Crippen molar-refractivity contribution in [3.05, 3.63) is 35.4 Å². The van der Waals surface area contributed by atoms with Crippen molar-refractivity contribution in [3.8, 4) is 0 Å². The molecule has 1 aromatic carbocycles. The first kappa shape index (κ1) is 18.3. The van der Waals surface area contributed by atoms with Gasteiger partial charge >= 0.3 is 6.03 Å². The lowest BCUT2D eigenvalue weighted by molar-refractivity contribution is 0.0886. The van der Waals surface area contributed by atoms with Crippen LogP contribution < -0.4 is 16.4 Å². The third-order valence-corrected chi connectivity index (χ3v) is 4.66. The van der Waals surface area contributed by atoms with Gasteiger partial charge in [0.15, 0.2) is 0 Å². The van der Waals surface area contributed by atoms with Gasteiger partial charge in [-0.1, -0.05) is 18.6 Å². The number of rotatable bonds is 6. The van der Waals surface area contributed by atoms with Crippen LogP contribution in [-0.4, -0.2) is 42.0 Å². The van der Waals surface area contributed by atoms with Crippen LogP contribution >= 0.6 is 0 Å². The number of carbonyl (C=O) groups excluding carboxylic acids is 2. The fraction of sp³-hybridized carbons (Fsp3) is 0.556. The van der Waals surface area contributed by atoms with Gasteiger partial charge in [0.1, 0.15) is 0 Å². The average molecular weight is 332 g/mol. The minimum Gasteiger partial charge on any atom is -0.352 e. The van der Waals surface area contributed by atoms with Crippen LogP contribution in [0.1, 0.15) is 49.0 Å². The molecule has 1 aliphatic rings. The highest BCUT2D eigenvalue weighted by molar-refractivity contribution is 5.94. The van der Waals surface area contributed by atoms with Crippen molar-refractivity contribution >= 4 is 11.9 Å². The Morgan fingerprint density at radius 3 is 2.58 bits per heavy atom. The van der Waals surface area contributed by atoms with Gasteiger partial charge in [0.05, 0.1) is 0 Å². The van der Waals surface area contributed by atoms with E-state index in [4.69, 9.17) is 5.73 Å². The van der Waals surface area contributed by atoms with Crippen molar-refractivity contribution in [2.45, 2.75) is 51.7 Å². The number of primary amides is 1. The first-order chi connectivity index (χ1) is 11.5. The zero-order chi connectivity index (χ0) is 17.5. The lowest BCUT2D eigenvalue weighted by Gasteiger charge is -2.38. The molecule has 3 amide bonds. The van der Waals surface area contributed by atoms with E-state index in [1.54, 1.807) is 12.1 Å². The molecule has 0 unspecified atom stereocenters. The molecule has 0 saturated carbocycles. The quantitative estimate of drug-likeness (QED) is 0.743. The number of carbonyl (C=O) groups is 2. The summed E-state index contributed by atoms with van der Waals surface area (Å²) in [6.07, 6.45) is 3.77. The van der Waals surface area contributed by atoms with Gasteiger partial charge in [-0.05, 0) is 50.9 Å². The molecular formula is C18H28N4O2. The molecule has 1 heterocycles. The Morgan fingerprint density at radius 2 is 1.96 bits per heavy atom. The van der Waals surface area contributed by atoms with Crippen LogP contribution in [-0.2, 0) is 6.54 Å². The van der Waals surface area contributed by atoms with Gasteiger partial charge in [-0.2, -0.15) is 0 Å². The molecule has 4 N–H and O–H groups in total. The van der Waals surface area contributed by atoms with E-state index >= 15 is 0 Å². The van der Waals surface area contributed by atoms with Crippen LogP contribution in [0.4, 0.5) is 4.79 Å². The van der Waals surface area contributed by atoms with Gasteiger partial charge in [0, 0.05) is 30.7 Å². The molecule has 6 heteroatoms. The third kappa shape index (κ3) is 5.23. The van der Waals surface area contributed by atoms with Crippen LogP contribution in [0.25, 0.3) is 0 Å².